The predicted molar refractivity (Wildman–Crippen MR) is 101 cm³/mol. The topological polar surface area (TPSA) is 66.8 Å². The Morgan fingerprint density at radius 2 is 2.12 bits per heavy atom. The molecule has 0 saturated carbocycles. The van der Waals surface area contributed by atoms with Crippen molar-refractivity contribution in [3.8, 4) is 0 Å². The molecule has 1 aliphatic heterocycles. The normalized spacial score (nSPS) is 17.3. The van der Waals surface area contributed by atoms with E-state index in [9.17, 15) is 4.79 Å². The van der Waals surface area contributed by atoms with Crippen LogP contribution in [0, 0.1) is 13.8 Å². The number of carbonyl (C=O) groups is 1. The minimum absolute atomic E-state index is 0.126. The van der Waals surface area contributed by atoms with E-state index in [0.29, 0.717) is 6.54 Å². The molecule has 0 spiro atoms. The summed E-state index contributed by atoms with van der Waals surface area (Å²) in [4.78, 5) is 19.9. The SMILES string of the molecule is CCc1nc2ccccc2n1CC(=O)N1CCCC1c1c(C)n[nH]c1C. The number of aryl methyl sites for hydroxylation is 3. The summed E-state index contributed by atoms with van der Waals surface area (Å²) < 4.78 is 2.07. The zero-order valence-corrected chi connectivity index (χ0v) is 15.6. The maximum atomic E-state index is 13.2. The Hall–Kier alpha value is -2.63. The van der Waals surface area contributed by atoms with E-state index in [1.165, 1.54) is 5.56 Å². The quantitative estimate of drug-likeness (QED) is 0.784. The van der Waals surface area contributed by atoms with Crippen molar-refractivity contribution in [2.45, 2.75) is 52.6 Å². The highest BCUT2D eigenvalue weighted by Gasteiger charge is 2.33. The molecule has 26 heavy (non-hydrogen) atoms. The van der Waals surface area contributed by atoms with Crippen LogP contribution in [0.25, 0.3) is 11.0 Å². The van der Waals surface area contributed by atoms with Crippen LogP contribution < -0.4 is 0 Å². The fourth-order valence-electron chi connectivity index (χ4n) is 4.21. The van der Waals surface area contributed by atoms with Gasteiger partial charge in [-0.15, -0.1) is 0 Å². The molecule has 4 rings (SSSR count). The van der Waals surface area contributed by atoms with Gasteiger partial charge in [0.2, 0.25) is 5.91 Å². The van der Waals surface area contributed by atoms with Crippen molar-refractivity contribution in [3.05, 3.63) is 47.0 Å². The third-order valence-electron chi connectivity index (χ3n) is 5.43. The highest BCUT2D eigenvalue weighted by molar-refractivity contribution is 5.81. The summed E-state index contributed by atoms with van der Waals surface area (Å²) in [6.45, 7) is 7.28. The maximum Gasteiger partial charge on any atom is 0.243 e. The Morgan fingerprint density at radius 1 is 1.31 bits per heavy atom. The second-order valence-corrected chi connectivity index (χ2v) is 7.05. The van der Waals surface area contributed by atoms with Gasteiger partial charge in [0.15, 0.2) is 0 Å². The lowest BCUT2D eigenvalue weighted by Crippen LogP contribution is -2.34. The standard InChI is InChI=1S/C20H25N5O/c1-4-18-21-15-8-5-6-9-16(15)25(18)12-19(26)24-11-7-10-17(24)20-13(2)22-23-14(20)3/h5-6,8-9,17H,4,7,10-12H2,1-3H3,(H,22,23). The van der Waals surface area contributed by atoms with Crippen molar-refractivity contribution in [3.63, 3.8) is 0 Å². The van der Waals surface area contributed by atoms with Crippen molar-refractivity contribution in [2.75, 3.05) is 6.54 Å². The number of aromatic amines is 1. The molecular formula is C20H25N5O. The van der Waals surface area contributed by atoms with E-state index in [-0.39, 0.29) is 11.9 Å². The van der Waals surface area contributed by atoms with Gasteiger partial charge in [-0.3, -0.25) is 9.89 Å². The lowest BCUT2D eigenvalue weighted by molar-refractivity contribution is -0.132. The molecule has 136 valence electrons. The average Bonchev–Trinajstić information content (AvgIpc) is 3.33. The molecule has 1 atom stereocenters. The lowest BCUT2D eigenvalue weighted by atomic mass is 10.0. The van der Waals surface area contributed by atoms with E-state index in [2.05, 4.69) is 26.7 Å². The lowest BCUT2D eigenvalue weighted by Gasteiger charge is -2.26. The summed E-state index contributed by atoms with van der Waals surface area (Å²) in [5.41, 5.74) is 5.23. The summed E-state index contributed by atoms with van der Waals surface area (Å²) in [7, 11) is 0. The number of nitrogens with one attached hydrogen (secondary N) is 1. The summed E-state index contributed by atoms with van der Waals surface area (Å²) in [6.07, 6.45) is 2.84. The zero-order valence-electron chi connectivity index (χ0n) is 15.6. The summed E-state index contributed by atoms with van der Waals surface area (Å²) in [6, 6.07) is 8.16. The number of benzene rings is 1. The van der Waals surface area contributed by atoms with Crippen LogP contribution in [0.4, 0.5) is 0 Å². The molecule has 2 aromatic heterocycles. The molecule has 1 fully saturated rings. The summed E-state index contributed by atoms with van der Waals surface area (Å²) in [5, 5.41) is 7.38. The van der Waals surface area contributed by atoms with E-state index in [1.807, 2.05) is 43.0 Å². The molecular weight excluding hydrogens is 326 g/mol. The van der Waals surface area contributed by atoms with Crippen molar-refractivity contribution in [1.82, 2.24) is 24.6 Å². The number of hydrogen-bond acceptors (Lipinski definition) is 3. The van der Waals surface area contributed by atoms with Crippen LogP contribution in [0.15, 0.2) is 24.3 Å². The Labute approximate surface area is 153 Å². The van der Waals surface area contributed by atoms with Gasteiger partial charge in [-0.1, -0.05) is 19.1 Å². The van der Waals surface area contributed by atoms with Crippen molar-refractivity contribution in [1.29, 1.82) is 0 Å². The molecule has 1 unspecified atom stereocenters. The van der Waals surface area contributed by atoms with Crippen LogP contribution in [0.3, 0.4) is 0 Å². The second-order valence-electron chi connectivity index (χ2n) is 7.05. The predicted octanol–water partition coefficient (Wildman–Crippen LogP) is 3.30. The van der Waals surface area contributed by atoms with Gasteiger partial charge in [-0.05, 0) is 38.8 Å². The molecule has 3 heterocycles. The first kappa shape index (κ1) is 16.8. The summed E-state index contributed by atoms with van der Waals surface area (Å²) in [5.74, 6) is 1.12. The Bertz CT molecular complexity index is 935. The van der Waals surface area contributed by atoms with E-state index in [0.717, 1.165) is 54.1 Å². The van der Waals surface area contributed by atoms with Crippen LogP contribution in [-0.2, 0) is 17.8 Å². The van der Waals surface area contributed by atoms with Crippen LogP contribution >= 0.6 is 0 Å². The molecule has 1 amide bonds. The number of amides is 1. The number of H-pyrrole nitrogens is 1. The molecule has 6 heteroatoms. The number of fused-ring (bicyclic) bond motifs is 1. The highest BCUT2D eigenvalue weighted by Crippen LogP contribution is 2.35. The second kappa shape index (κ2) is 6.59. The molecule has 1 aromatic carbocycles. The average molecular weight is 351 g/mol. The van der Waals surface area contributed by atoms with Gasteiger partial charge < -0.3 is 9.47 Å². The van der Waals surface area contributed by atoms with Gasteiger partial charge in [0.05, 0.1) is 22.8 Å². The molecule has 1 N–H and O–H groups in total. The smallest absolute Gasteiger partial charge is 0.243 e. The molecule has 3 aromatic rings. The fourth-order valence-corrected chi connectivity index (χ4v) is 4.21. The number of imidazole rings is 1. The fraction of sp³-hybridized carbons (Fsp3) is 0.450. The molecule has 1 aliphatic rings. The number of aromatic nitrogens is 4. The van der Waals surface area contributed by atoms with E-state index >= 15 is 0 Å². The Morgan fingerprint density at radius 3 is 2.85 bits per heavy atom. The number of nitrogens with zero attached hydrogens (tertiary/aromatic N) is 4. The molecule has 1 saturated heterocycles. The van der Waals surface area contributed by atoms with Crippen LogP contribution in [0.1, 0.15) is 48.6 Å². The maximum absolute atomic E-state index is 13.2. The van der Waals surface area contributed by atoms with E-state index < -0.39 is 0 Å². The largest absolute Gasteiger partial charge is 0.334 e. The van der Waals surface area contributed by atoms with Crippen LogP contribution in [-0.4, -0.2) is 37.1 Å². The van der Waals surface area contributed by atoms with Crippen LogP contribution in [0.5, 0.6) is 0 Å². The van der Waals surface area contributed by atoms with E-state index in [1.54, 1.807) is 0 Å². The van der Waals surface area contributed by atoms with Crippen molar-refractivity contribution >= 4 is 16.9 Å². The highest BCUT2D eigenvalue weighted by atomic mass is 16.2. The van der Waals surface area contributed by atoms with E-state index in [4.69, 9.17) is 0 Å². The first-order valence-electron chi connectivity index (χ1n) is 9.35. The third kappa shape index (κ3) is 2.69. The van der Waals surface area contributed by atoms with Crippen molar-refractivity contribution < 1.29 is 4.79 Å². The summed E-state index contributed by atoms with van der Waals surface area (Å²) >= 11 is 0. The molecule has 0 aliphatic carbocycles. The molecule has 0 bridgehead atoms. The first-order valence-corrected chi connectivity index (χ1v) is 9.35. The number of hydrogen-bond donors (Lipinski definition) is 1. The van der Waals surface area contributed by atoms with Gasteiger partial charge in [0.25, 0.3) is 0 Å². The Balaban J connectivity index is 1.64. The van der Waals surface area contributed by atoms with Crippen LogP contribution in [0.2, 0.25) is 0 Å². The minimum atomic E-state index is 0.126. The molecule has 6 nitrogen and oxygen atoms in total. The first-order chi connectivity index (χ1) is 12.6. The van der Waals surface area contributed by atoms with Gasteiger partial charge in [-0.2, -0.15) is 5.10 Å². The van der Waals surface area contributed by atoms with Crippen molar-refractivity contribution in [2.24, 2.45) is 0 Å². The van der Waals surface area contributed by atoms with Gasteiger partial charge in [-0.25, -0.2) is 4.98 Å². The van der Waals surface area contributed by atoms with Gasteiger partial charge >= 0.3 is 0 Å². The number of likely N-dealkylation sites (tertiary alicyclic amines) is 1. The Kier molecular flexibility index (Phi) is 4.26. The third-order valence-corrected chi connectivity index (χ3v) is 5.43. The zero-order chi connectivity index (χ0) is 18.3. The number of para-hydroxylation sites is 2. The van der Waals surface area contributed by atoms with Gasteiger partial charge in [0, 0.05) is 24.2 Å². The van der Waals surface area contributed by atoms with Gasteiger partial charge in [0.1, 0.15) is 12.4 Å². The molecule has 0 radical (unpaired) electrons. The number of carbonyl (C=O) groups excluding carboxylic acids is 1. The number of rotatable bonds is 4. The minimum Gasteiger partial charge on any atom is -0.334 e. The monoisotopic (exact) mass is 351 g/mol.